The number of carboxylic acid groups (broad SMARTS) is 1. The number of carboxylic acids is 1. The van der Waals surface area contributed by atoms with E-state index in [1.165, 1.54) is 0 Å². The zero-order valence-electron chi connectivity index (χ0n) is 6.25. The Kier molecular flexibility index (Phi) is 2.66. The first-order chi connectivity index (χ1) is 6.37. The molecule has 0 spiro atoms. The number of benzene rings is 1. The molecule has 14 heavy (non-hydrogen) atoms. The third-order valence-corrected chi connectivity index (χ3v) is 1.78. The normalized spacial score (nSPS) is 10.4. The maximum atomic E-state index is 12.7. The fourth-order valence-corrected chi connectivity index (χ4v) is 1.04. The number of aromatic carboxylic acids is 1. The summed E-state index contributed by atoms with van der Waals surface area (Å²) < 4.78 is 50.2. The Balaban J connectivity index is 3.68. The Morgan fingerprint density at radius 1 is 1.00 bits per heavy atom. The van der Waals surface area contributed by atoms with Crippen LogP contribution in [0.4, 0.5) is 17.6 Å². The van der Waals surface area contributed by atoms with Gasteiger partial charge >= 0.3 is 5.97 Å². The van der Waals surface area contributed by atoms with Crippen LogP contribution in [0, 0.1) is 23.3 Å². The van der Waals surface area contributed by atoms with Crippen LogP contribution in [0.3, 0.4) is 0 Å². The highest BCUT2D eigenvalue weighted by atomic mass is 35.5. The van der Waals surface area contributed by atoms with E-state index in [0.29, 0.717) is 0 Å². The summed E-state index contributed by atoms with van der Waals surface area (Å²) >= 11 is 4.97. The molecule has 1 N–H and O–H groups in total. The minimum atomic E-state index is -2.20. The molecule has 0 aliphatic carbocycles. The topological polar surface area (TPSA) is 37.3 Å². The maximum Gasteiger partial charge on any atom is 0.340 e. The second-order valence-electron chi connectivity index (χ2n) is 2.25. The SMILES string of the molecule is O=C(O)c1c(F)c(F)c(F)c(F)c1Cl. The number of hydrogen-bond donors (Lipinski definition) is 1. The summed E-state index contributed by atoms with van der Waals surface area (Å²) in [7, 11) is 0. The average molecular weight is 229 g/mol. The summed E-state index contributed by atoms with van der Waals surface area (Å²) in [6.07, 6.45) is 0. The Hall–Kier alpha value is -1.30. The standard InChI is InChI=1S/C7HClF4O2/c8-2-1(7(13)14)3(9)5(11)6(12)4(2)10/h(H,13,14). The molecule has 0 aromatic heterocycles. The molecule has 0 saturated heterocycles. The lowest BCUT2D eigenvalue weighted by atomic mass is 10.2. The monoisotopic (exact) mass is 228 g/mol. The third-order valence-electron chi connectivity index (χ3n) is 1.42. The molecule has 0 bridgehead atoms. The zero-order chi connectivity index (χ0) is 11.0. The van der Waals surface area contributed by atoms with E-state index < -0.39 is 39.8 Å². The summed E-state index contributed by atoms with van der Waals surface area (Å²) in [5.74, 6) is -10.3. The molecule has 1 aromatic rings. The van der Waals surface area contributed by atoms with E-state index in [-0.39, 0.29) is 0 Å². The minimum absolute atomic E-state index is 1.30. The quantitative estimate of drug-likeness (QED) is 0.456. The van der Waals surface area contributed by atoms with Crippen LogP contribution in [-0.2, 0) is 0 Å². The molecular weight excluding hydrogens is 228 g/mol. The van der Waals surface area contributed by atoms with Gasteiger partial charge in [-0.25, -0.2) is 22.4 Å². The molecule has 0 saturated carbocycles. The highest BCUT2D eigenvalue weighted by Crippen LogP contribution is 2.27. The predicted octanol–water partition coefficient (Wildman–Crippen LogP) is 2.59. The van der Waals surface area contributed by atoms with Gasteiger partial charge in [-0.1, -0.05) is 11.6 Å². The van der Waals surface area contributed by atoms with Gasteiger partial charge < -0.3 is 5.11 Å². The Bertz CT molecular complexity index is 390. The lowest BCUT2D eigenvalue weighted by Gasteiger charge is -2.04. The van der Waals surface area contributed by atoms with Gasteiger partial charge in [0.05, 0.1) is 5.02 Å². The van der Waals surface area contributed by atoms with Crippen LogP contribution in [0.5, 0.6) is 0 Å². The van der Waals surface area contributed by atoms with Crippen molar-refractivity contribution in [3.63, 3.8) is 0 Å². The van der Waals surface area contributed by atoms with Gasteiger partial charge in [-0.05, 0) is 0 Å². The molecule has 0 atom stereocenters. The van der Waals surface area contributed by atoms with Gasteiger partial charge in [0.2, 0.25) is 0 Å². The summed E-state index contributed by atoms with van der Waals surface area (Å²) in [4.78, 5) is 10.3. The molecule has 0 amide bonds. The lowest BCUT2D eigenvalue weighted by molar-refractivity contribution is 0.0689. The molecule has 0 aliphatic heterocycles. The Morgan fingerprint density at radius 3 is 1.86 bits per heavy atom. The molecule has 0 heterocycles. The zero-order valence-corrected chi connectivity index (χ0v) is 7.00. The molecule has 2 nitrogen and oxygen atoms in total. The van der Waals surface area contributed by atoms with Crippen LogP contribution in [0.1, 0.15) is 10.4 Å². The number of hydrogen-bond acceptors (Lipinski definition) is 1. The van der Waals surface area contributed by atoms with Crippen molar-refractivity contribution in [3.05, 3.63) is 33.9 Å². The maximum absolute atomic E-state index is 12.7. The Labute approximate surface area is 79.7 Å². The van der Waals surface area contributed by atoms with Gasteiger partial charge in [-0.2, -0.15) is 0 Å². The van der Waals surface area contributed by atoms with E-state index in [2.05, 4.69) is 0 Å². The van der Waals surface area contributed by atoms with Crippen molar-refractivity contribution in [2.75, 3.05) is 0 Å². The van der Waals surface area contributed by atoms with Gasteiger partial charge in [0.25, 0.3) is 0 Å². The molecule has 1 rings (SSSR count). The highest BCUT2D eigenvalue weighted by molar-refractivity contribution is 6.33. The molecule has 7 heteroatoms. The molecule has 0 unspecified atom stereocenters. The van der Waals surface area contributed by atoms with E-state index in [1.54, 1.807) is 0 Å². The van der Waals surface area contributed by atoms with Crippen LogP contribution in [-0.4, -0.2) is 11.1 Å². The van der Waals surface area contributed by atoms with E-state index in [1.807, 2.05) is 0 Å². The van der Waals surface area contributed by atoms with Crippen molar-refractivity contribution in [2.45, 2.75) is 0 Å². The fraction of sp³-hybridized carbons (Fsp3) is 0. The molecule has 0 radical (unpaired) electrons. The smallest absolute Gasteiger partial charge is 0.340 e. The minimum Gasteiger partial charge on any atom is -0.478 e. The van der Waals surface area contributed by atoms with E-state index in [9.17, 15) is 22.4 Å². The predicted molar refractivity (Wildman–Crippen MR) is 38.2 cm³/mol. The molecule has 0 fully saturated rings. The van der Waals surface area contributed by atoms with Crippen LogP contribution in [0.2, 0.25) is 5.02 Å². The number of halogens is 5. The largest absolute Gasteiger partial charge is 0.478 e. The van der Waals surface area contributed by atoms with Gasteiger partial charge in [0, 0.05) is 0 Å². The van der Waals surface area contributed by atoms with Crippen LogP contribution < -0.4 is 0 Å². The number of carbonyl (C=O) groups is 1. The summed E-state index contributed by atoms with van der Waals surface area (Å²) in [6, 6.07) is 0. The summed E-state index contributed by atoms with van der Waals surface area (Å²) in [6.45, 7) is 0. The van der Waals surface area contributed by atoms with E-state index in [4.69, 9.17) is 16.7 Å². The first-order valence-electron chi connectivity index (χ1n) is 3.12. The van der Waals surface area contributed by atoms with Crippen molar-refractivity contribution in [1.82, 2.24) is 0 Å². The second-order valence-corrected chi connectivity index (χ2v) is 2.63. The Morgan fingerprint density at radius 2 is 1.43 bits per heavy atom. The van der Waals surface area contributed by atoms with Crippen LogP contribution in [0.25, 0.3) is 0 Å². The van der Waals surface area contributed by atoms with Crippen molar-refractivity contribution < 1.29 is 27.5 Å². The highest BCUT2D eigenvalue weighted by Gasteiger charge is 2.27. The van der Waals surface area contributed by atoms with Crippen molar-refractivity contribution in [3.8, 4) is 0 Å². The van der Waals surface area contributed by atoms with Gasteiger partial charge in [0.15, 0.2) is 23.3 Å². The molecule has 76 valence electrons. The third kappa shape index (κ3) is 1.41. The first kappa shape index (κ1) is 10.8. The van der Waals surface area contributed by atoms with Crippen molar-refractivity contribution in [2.24, 2.45) is 0 Å². The average Bonchev–Trinajstić information content (AvgIpc) is 2.11. The van der Waals surface area contributed by atoms with Gasteiger partial charge in [0.1, 0.15) is 5.56 Å². The molecule has 0 aliphatic rings. The first-order valence-corrected chi connectivity index (χ1v) is 3.50. The van der Waals surface area contributed by atoms with E-state index >= 15 is 0 Å². The van der Waals surface area contributed by atoms with Gasteiger partial charge in [-0.3, -0.25) is 0 Å². The van der Waals surface area contributed by atoms with E-state index in [0.717, 1.165) is 0 Å². The fourth-order valence-electron chi connectivity index (χ4n) is 0.793. The number of rotatable bonds is 1. The summed E-state index contributed by atoms with van der Waals surface area (Å²) in [5, 5.41) is 7.01. The van der Waals surface area contributed by atoms with Crippen LogP contribution in [0.15, 0.2) is 0 Å². The molecule has 1 aromatic carbocycles. The van der Waals surface area contributed by atoms with Crippen LogP contribution >= 0.6 is 11.6 Å². The van der Waals surface area contributed by atoms with Crippen molar-refractivity contribution >= 4 is 17.6 Å². The summed E-state index contributed by atoms with van der Waals surface area (Å²) in [5.41, 5.74) is -1.43. The molecular formula is C7HClF4O2. The van der Waals surface area contributed by atoms with Gasteiger partial charge in [-0.15, -0.1) is 0 Å². The van der Waals surface area contributed by atoms with Crippen molar-refractivity contribution in [1.29, 1.82) is 0 Å². The second kappa shape index (κ2) is 3.45. The lowest BCUT2D eigenvalue weighted by Crippen LogP contribution is -2.08.